The molecule has 3 N–H and O–H groups in total. The Labute approximate surface area is 181 Å². The maximum atomic E-state index is 12.8. The molecule has 2 unspecified atom stereocenters. The monoisotopic (exact) mass is 427 g/mol. The zero-order valence-corrected chi connectivity index (χ0v) is 17.9. The van der Waals surface area contributed by atoms with Crippen LogP contribution in [0.3, 0.4) is 0 Å². The molecular weight excluding hydrogens is 398 g/mol. The van der Waals surface area contributed by atoms with Gasteiger partial charge in [-0.1, -0.05) is 32.0 Å². The second-order valence-corrected chi connectivity index (χ2v) is 8.58. The molecule has 2 atom stereocenters. The number of carboxylic acids is 2. The van der Waals surface area contributed by atoms with Gasteiger partial charge in [0, 0.05) is 24.2 Å². The molecule has 8 heteroatoms. The summed E-state index contributed by atoms with van der Waals surface area (Å²) in [6, 6.07) is 8.15. The third-order valence-corrected chi connectivity index (χ3v) is 5.68. The fourth-order valence-electron chi connectivity index (χ4n) is 4.66. The number of benzene rings is 1. The molecule has 8 nitrogen and oxygen atoms in total. The number of aliphatic carboxylic acids is 2. The standard InChI is InChI=1S/C21H27N3O.C2H2O4/c1-14-10-15(2)12-24(11-14)13-20(25)23-21-16-6-3-4-8-18(16)22-19-9-5-7-17(19)21;3-1(4)2(5)6/h3-4,6,8,14-15H,5,7,9-13H2,1-2H3,(H,22,23,25);(H,3,4)(H,5,6). The van der Waals surface area contributed by atoms with Gasteiger partial charge in [-0.2, -0.15) is 0 Å². The predicted octanol–water partition coefficient (Wildman–Crippen LogP) is 2.80. The van der Waals surface area contributed by atoms with Crippen molar-refractivity contribution in [1.82, 2.24) is 9.88 Å². The van der Waals surface area contributed by atoms with Crippen molar-refractivity contribution in [2.24, 2.45) is 11.8 Å². The molecule has 0 saturated carbocycles. The molecule has 2 aliphatic rings. The lowest BCUT2D eigenvalue weighted by atomic mass is 9.92. The average molecular weight is 428 g/mol. The maximum absolute atomic E-state index is 12.8. The largest absolute Gasteiger partial charge is 0.473 e. The van der Waals surface area contributed by atoms with E-state index in [0.29, 0.717) is 18.4 Å². The highest BCUT2D eigenvalue weighted by molar-refractivity contribution is 6.27. The number of para-hydroxylation sites is 1. The van der Waals surface area contributed by atoms with Crippen LogP contribution in [0.5, 0.6) is 0 Å². The van der Waals surface area contributed by atoms with Crippen LogP contribution < -0.4 is 5.32 Å². The first-order chi connectivity index (χ1) is 14.7. The Balaban J connectivity index is 0.000000401. The molecule has 0 bridgehead atoms. The minimum atomic E-state index is -1.82. The number of amides is 1. The summed E-state index contributed by atoms with van der Waals surface area (Å²) < 4.78 is 0. The average Bonchev–Trinajstić information content (AvgIpc) is 3.15. The summed E-state index contributed by atoms with van der Waals surface area (Å²) >= 11 is 0. The first-order valence-electron chi connectivity index (χ1n) is 10.6. The number of pyridine rings is 1. The Kier molecular flexibility index (Phi) is 7.22. The Hall–Kier alpha value is -3.00. The van der Waals surface area contributed by atoms with Crippen LogP contribution in [0.4, 0.5) is 5.69 Å². The van der Waals surface area contributed by atoms with E-state index in [0.717, 1.165) is 54.6 Å². The number of hydrogen-bond donors (Lipinski definition) is 3. The Morgan fingerprint density at radius 1 is 1.06 bits per heavy atom. The van der Waals surface area contributed by atoms with Crippen LogP contribution in [-0.2, 0) is 27.2 Å². The minimum Gasteiger partial charge on any atom is -0.473 e. The van der Waals surface area contributed by atoms with Crippen molar-refractivity contribution in [3.63, 3.8) is 0 Å². The Morgan fingerprint density at radius 2 is 1.71 bits per heavy atom. The van der Waals surface area contributed by atoms with E-state index in [4.69, 9.17) is 24.8 Å². The maximum Gasteiger partial charge on any atom is 0.414 e. The smallest absolute Gasteiger partial charge is 0.414 e. The number of anilines is 1. The number of aromatic nitrogens is 1. The van der Waals surface area contributed by atoms with Crippen molar-refractivity contribution in [1.29, 1.82) is 0 Å². The van der Waals surface area contributed by atoms with Gasteiger partial charge in [-0.15, -0.1) is 0 Å². The summed E-state index contributed by atoms with van der Waals surface area (Å²) in [7, 11) is 0. The van der Waals surface area contributed by atoms with Crippen molar-refractivity contribution in [3.05, 3.63) is 35.5 Å². The van der Waals surface area contributed by atoms with Gasteiger partial charge in [-0.3, -0.25) is 14.7 Å². The number of rotatable bonds is 3. The number of fused-ring (bicyclic) bond motifs is 2. The van der Waals surface area contributed by atoms with Gasteiger partial charge >= 0.3 is 11.9 Å². The second kappa shape index (κ2) is 9.87. The van der Waals surface area contributed by atoms with Crippen molar-refractivity contribution in [2.75, 3.05) is 25.0 Å². The quantitative estimate of drug-likeness (QED) is 0.644. The molecule has 1 aliphatic carbocycles. The zero-order chi connectivity index (χ0) is 22.5. The van der Waals surface area contributed by atoms with Gasteiger partial charge < -0.3 is 15.5 Å². The number of carboxylic acid groups (broad SMARTS) is 2. The number of piperidine rings is 1. The fourth-order valence-corrected chi connectivity index (χ4v) is 4.66. The predicted molar refractivity (Wildman–Crippen MR) is 117 cm³/mol. The van der Waals surface area contributed by atoms with Crippen molar-refractivity contribution in [2.45, 2.75) is 39.5 Å². The number of hydrogen-bond acceptors (Lipinski definition) is 5. The molecule has 1 amide bonds. The zero-order valence-electron chi connectivity index (χ0n) is 17.9. The summed E-state index contributed by atoms with van der Waals surface area (Å²) in [5.74, 6) is -2.21. The third-order valence-electron chi connectivity index (χ3n) is 5.68. The van der Waals surface area contributed by atoms with E-state index in [2.05, 4.69) is 30.1 Å². The number of likely N-dealkylation sites (tertiary alicyclic amines) is 1. The Bertz CT molecular complexity index is 969. The van der Waals surface area contributed by atoms with Crippen molar-refractivity contribution in [3.8, 4) is 0 Å². The van der Waals surface area contributed by atoms with Crippen molar-refractivity contribution < 1.29 is 24.6 Å². The van der Waals surface area contributed by atoms with E-state index in [1.807, 2.05) is 18.2 Å². The SMILES string of the molecule is CC1CC(C)CN(CC(=O)Nc2c3c(nc4ccccc24)CCC3)C1.O=C(O)C(=O)O. The molecule has 166 valence electrons. The van der Waals surface area contributed by atoms with Crippen LogP contribution >= 0.6 is 0 Å². The van der Waals surface area contributed by atoms with E-state index in [1.54, 1.807) is 0 Å². The summed E-state index contributed by atoms with van der Waals surface area (Å²) in [6.45, 7) is 7.09. The van der Waals surface area contributed by atoms with Gasteiger partial charge in [0.15, 0.2) is 0 Å². The van der Waals surface area contributed by atoms with Gasteiger partial charge in [0.25, 0.3) is 0 Å². The van der Waals surface area contributed by atoms with Gasteiger partial charge in [-0.25, -0.2) is 9.59 Å². The van der Waals surface area contributed by atoms with Gasteiger partial charge in [-0.05, 0) is 49.1 Å². The molecule has 2 aromatic rings. The molecule has 1 aromatic carbocycles. The second-order valence-electron chi connectivity index (χ2n) is 8.58. The first kappa shape index (κ1) is 22.7. The molecule has 2 heterocycles. The topological polar surface area (TPSA) is 120 Å². The van der Waals surface area contributed by atoms with Crippen LogP contribution in [0.1, 0.15) is 37.9 Å². The first-order valence-corrected chi connectivity index (χ1v) is 10.6. The van der Waals surface area contributed by atoms with Crippen LogP contribution in [0.15, 0.2) is 24.3 Å². The van der Waals surface area contributed by atoms with E-state index in [-0.39, 0.29) is 5.91 Å². The molecule has 1 aromatic heterocycles. The van der Waals surface area contributed by atoms with Gasteiger partial charge in [0.05, 0.1) is 17.7 Å². The highest BCUT2D eigenvalue weighted by Crippen LogP contribution is 2.34. The lowest BCUT2D eigenvalue weighted by Crippen LogP contribution is -2.42. The third kappa shape index (κ3) is 5.79. The summed E-state index contributed by atoms with van der Waals surface area (Å²) in [4.78, 5) is 38.1. The minimum absolute atomic E-state index is 0.103. The summed E-state index contributed by atoms with van der Waals surface area (Å²) in [5.41, 5.74) is 4.39. The highest BCUT2D eigenvalue weighted by atomic mass is 16.4. The van der Waals surface area contributed by atoms with E-state index in [9.17, 15) is 4.79 Å². The number of carbonyl (C=O) groups excluding carboxylic acids is 1. The van der Waals surface area contributed by atoms with Gasteiger partial charge in [0.1, 0.15) is 0 Å². The number of aryl methyl sites for hydroxylation is 1. The van der Waals surface area contributed by atoms with E-state index < -0.39 is 11.9 Å². The van der Waals surface area contributed by atoms with Crippen LogP contribution in [0.2, 0.25) is 0 Å². The number of carbonyl (C=O) groups is 3. The summed E-state index contributed by atoms with van der Waals surface area (Å²) in [6.07, 6.45) is 4.42. The Morgan fingerprint density at radius 3 is 2.35 bits per heavy atom. The highest BCUT2D eigenvalue weighted by Gasteiger charge is 2.25. The molecular formula is C23H29N3O5. The molecule has 31 heavy (non-hydrogen) atoms. The lowest BCUT2D eigenvalue weighted by molar-refractivity contribution is -0.159. The molecule has 1 fully saturated rings. The van der Waals surface area contributed by atoms with Crippen LogP contribution in [0.25, 0.3) is 10.9 Å². The summed E-state index contributed by atoms with van der Waals surface area (Å²) in [5, 5.41) is 19.1. The molecule has 1 saturated heterocycles. The fraction of sp³-hybridized carbons (Fsp3) is 0.478. The molecule has 0 radical (unpaired) electrons. The van der Waals surface area contributed by atoms with Crippen LogP contribution in [-0.4, -0.2) is 57.6 Å². The van der Waals surface area contributed by atoms with E-state index in [1.165, 1.54) is 12.0 Å². The number of nitrogens with one attached hydrogen (secondary N) is 1. The van der Waals surface area contributed by atoms with E-state index >= 15 is 0 Å². The molecule has 0 spiro atoms. The molecule has 1 aliphatic heterocycles. The molecule has 4 rings (SSSR count). The number of nitrogens with zero attached hydrogens (tertiary/aromatic N) is 2. The van der Waals surface area contributed by atoms with Gasteiger partial charge in [0.2, 0.25) is 5.91 Å². The lowest BCUT2D eigenvalue weighted by Gasteiger charge is -2.34. The van der Waals surface area contributed by atoms with Crippen LogP contribution in [0, 0.1) is 11.8 Å². The normalized spacial score (nSPS) is 20.5. The van der Waals surface area contributed by atoms with Crippen molar-refractivity contribution >= 4 is 34.4 Å².